The molecule has 0 aromatic rings. The molecule has 1 atom stereocenters. The van der Waals surface area contributed by atoms with Gasteiger partial charge >= 0.3 is 17.9 Å². The second kappa shape index (κ2) is 62.9. The van der Waals surface area contributed by atoms with E-state index in [1.807, 2.05) is 0 Å². The number of allylic oxidation sites excluding steroid dienone is 16. The topological polar surface area (TPSA) is 78.9 Å². The maximum atomic E-state index is 12.9. The number of hydrogen-bond acceptors (Lipinski definition) is 6. The van der Waals surface area contributed by atoms with Gasteiger partial charge in [0.15, 0.2) is 6.10 Å². The second-order valence-electron chi connectivity index (χ2n) is 20.9. The number of esters is 3. The summed E-state index contributed by atoms with van der Waals surface area (Å²) in [5.74, 6) is -0.913. The molecule has 0 radical (unpaired) electrons. The molecule has 0 bridgehead atoms. The Balaban J connectivity index is 4.42. The summed E-state index contributed by atoms with van der Waals surface area (Å²) in [6.45, 7) is 6.49. The van der Waals surface area contributed by atoms with E-state index in [1.165, 1.54) is 154 Å². The fourth-order valence-corrected chi connectivity index (χ4v) is 8.79. The first-order valence-electron chi connectivity index (χ1n) is 31.7. The van der Waals surface area contributed by atoms with Crippen molar-refractivity contribution in [3.05, 3.63) is 97.2 Å². The number of carbonyl (C=O) groups is 3. The Morgan fingerprint density at radius 3 is 0.840 bits per heavy atom. The van der Waals surface area contributed by atoms with E-state index in [9.17, 15) is 14.4 Å². The average molecular weight is 1040 g/mol. The zero-order valence-electron chi connectivity index (χ0n) is 49.3. The first kappa shape index (κ1) is 71.3. The van der Waals surface area contributed by atoms with Gasteiger partial charge in [0.05, 0.1) is 0 Å². The summed E-state index contributed by atoms with van der Waals surface area (Å²) in [6.07, 6.45) is 84.0. The van der Waals surface area contributed by atoms with Crippen LogP contribution in [0, 0.1) is 0 Å². The lowest BCUT2D eigenvalue weighted by Crippen LogP contribution is -2.30. The summed E-state index contributed by atoms with van der Waals surface area (Å²) < 4.78 is 16.9. The summed E-state index contributed by atoms with van der Waals surface area (Å²) in [6, 6.07) is 0. The summed E-state index contributed by atoms with van der Waals surface area (Å²) in [7, 11) is 0. The monoisotopic (exact) mass is 1040 g/mol. The molecule has 0 aromatic carbocycles. The van der Waals surface area contributed by atoms with Crippen molar-refractivity contribution in [2.24, 2.45) is 0 Å². The smallest absolute Gasteiger partial charge is 0.306 e. The standard InChI is InChI=1S/C69H118O6/c1-4-7-10-13-16-19-22-25-28-31-33-34-36-38-41-44-47-50-53-56-59-62-68(71)74-65-66(64-73-67(70)61-58-55-52-49-46-43-40-37-30-27-24-21-18-15-12-9-6-3)75-69(72)63-60-57-54-51-48-45-42-39-35-32-29-26-23-20-17-14-11-8-5-2/h9,12,17-18,20-22,25-27,29-31,33,40,43,66H,4-8,10-11,13-16,19,23-24,28,32,34-39,41-42,44-65H2,1-3H3/b12-9-,20-17-,21-18-,25-22-,29-26-,30-27-,33-31-,43-40-. The maximum absolute atomic E-state index is 12.9. The molecule has 0 spiro atoms. The molecule has 0 saturated carbocycles. The fraction of sp³-hybridized carbons (Fsp3) is 0.725. The Hall–Kier alpha value is -3.67. The van der Waals surface area contributed by atoms with Gasteiger partial charge in [-0.15, -0.1) is 0 Å². The minimum absolute atomic E-state index is 0.0892. The zero-order chi connectivity index (χ0) is 54.3. The van der Waals surface area contributed by atoms with Gasteiger partial charge in [0.1, 0.15) is 13.2 Å². The van der Waals surface area contributed by atoms with Crippen LogP contribution in [0.2, 0.25) is 0 Å². The summed E-state index contributed by atoms with van der Waals surface area (Å²) in [4.78, 5) is 38.3. The van der Waals surface area contributed by atoms with Crippen LogP contribution in [0.15, 0.2) is 97.2 Å². The molecular weight excluding hydrogens is 925 g/mol. The SMILES string of the molecule is CC/C=C\C/C=C\C/C=C\C/C=C\CCCCCCC(=O)OCC(COC(=O)CCCCCCCCCCC/C=C\C/C=C\CCCCCCC)OC(=O)CCCCCCCCCCC/C=C\C/C=C\CCCCC. The van der Waals surface area contributed by atoms with E-state index in [0.29, 0.717) is 19.3 Å². The highest BCUT2D eigenvalue weighted by Gasteiger charge is 2.19. The van der Waals surface area contributed by atoms with Crippen molar-refractivity contribution in [1.29, 1.82) is 0 Å². The van der Waals surface area contributed by atoms with E-state index in [1.54, 1.807) is 0 Å². The molecule has 0 rings (SSSR count). The van der Waals surface area contributed by atoms with E-state index in [0.717, 1.165) is 109 Å². The van der Waals surface area contributed by atoms with E-state index >= 15 is 0 Å². The Bertz CT molecular complexity index is 1480. The number of unbranched alkanes of at least 4 members (excludes halogenated alkanes) is 30. The Kier molecular flexibility index (Phi) is 59.8. The maximum Gasteiger partial charge on any atom is 0.306 e. The first-order chi connectivity index (χ1) is 37.0. The predicted octanol–water partition coefficient (Wildman–Crippen LogP) is 21.7. The van der Waals surface area contributed by atoms with Crippen LogP contribution in [0.5, 0.6) is 0 Å². The molecule has 0 heterocycles. The van der Waals surface area contributed by atoms with Crippen molar-refractivity contribution in [3.8, 4) is 0 Å². The number of hydrogen-bond donors (Lipinski definition) is 0. The highest BCUT2D eigenvalue weighted by atomic mass is 16.6. The molecule has 1 unspecified atom stereocenters. The highest BCUT2D eigenvalue weighted by molar-refractivity contribution is 5.71. The normalized spacial score (nSPS) is 12.7. The lowest BCUT2D eigenvalue weighted by molar-refractivity contribution is -0.167. The predicted molar refractivity (Wildman–Crippen MR) is 325 cm³/mol. The molecule has 0 aliphatic heterocycles. The summed E-state index contributed by atoms with van der Waals surface area (Å²) >= 11 is 0. The minimum Gasteiger partial charge on any atom is -0.462 e. The second-order valence-corrected chi connectivity index (χ2v) is 20.9. The van der Waals surface area contributed by atoms with Crippen LogP contribution in [0.1, 0.15) is 303 Å². The van der Waals surface area contributed by atoms with Gasteiger partial charge in [0.2, 0.25) is 0 Å². The van der Waals surface area contributed by atoms with Crippen LogP contribution in [0.3, 0.4) is 0 Å². The van der Waals surface area contributed by atoms with Crippen LogP contribution < -0.4 is 0 Å². The summed E-state index contributed by atoms with van der Waals surface area (Å²) in [5.41, 5.74) is 0. The van der Waals surface area contributed by atoms with Gasteiger partial charge in [-0.05, 0) is 122 Å². The van der Waals surface area contributed by atoms with Crippen molar-refractivity contribution in [1.82, 2.24) is 0 Å². The molecule has 0 N–H and O–H groups in total. The molecule has 0 amide bonds. The zero-order valence-corrected chi connectivity index (χ0v) is 49.3. The quantitative estimate of drug-likeness (QED) is 0.0261. The third-order valence-corrected chi connectivity index (χ3v) is 13.5. The molecule has 0 aliphatic rings. The Morgan fingerprint density at radius 1 is 0.280 bits per heavy atom. The van der Waals surface area contributed by atoms with Gasteiger partial charge in [-0.1, -0.05) is 259 Å². The molecule has 0 aliphatic carbocycles. The van der Waals surface area contributed by atoms with Gasteiger partial charge in [0.25, 0.3) is 0 Å². The van der Waals surface area contributed by atoms with Crippen LogP contribution in [0.4, 0.5) is 0 Å². The van der Waals surface area contributed by atoms with Crippen molar-refractivity contribution >= 4 is 17.9 Å². The van der Waals surface area contributed by atoms with E-state index in [-0.39, 0.29) is 31.1 Å². The molecule has 6 nitrogen and oxygen atoms in total. The minimum atomic E-state index is -0.794. The van der Waals surface area contributed by atoms with Crippen LogP contribution >= 0.6 is 0 Å². The van der Waals surface area contributed by atoms with Crippen LogP contribution in [-0.4, -0.2) is 37.2 Å². The first-order valence-corrected chi connectivity index (χ1v) is 31.7. The highest BCUT2D eigenvalue weighted by Crippen LogP contribution is 2.16. The largest absolute Gasteiger partial charge is 0.462 e. The molecule has 6 heteroatoms. The van der Waals surface area contributed by atoms with E-state index in [2.05, 4.69) is 118 Å². The number of ether oxygens (including phenoxy) is 3. The molecule has 75 heavy (non-hydrogen) atoms. The van der Waals surface area contributed by atoms with Crippen molar-refractivity contribution in [2.75, 3.05) is 13.2 Å². The fourth-order valence-electron chi connectivity index (χ4n) is 8.79. The van der Waals surface area contributed by atoms with Gasteiger partial charge in [0, 0.05) is 19.3 Å². The third-order valence-electron chi connectivity index (χ3n) is 13.5. The van der Waals surface area contributed by atoms with E-state index < -0.39 is 6.10 Å². The van der Waals surface area contributed by atoms with Crippen molar-refractivity contribution in [3.63, 3.8) is 0 Å². The van der Waals surface area contributed by atoms with Gasteiger partial charge < -0.3 is 14.2 Å². The average Bonchev–Trinajstić information content (AvgIpc) is 3.41. The Labute approximate surface area is 464 Å². The van der Waals surface area contributed by atoms with E-state index in [4.69, 9.17) is 14.2 Å². The van der Waals surface area contributed by atoms with Crippen molar-refractivity contribution in [2.45, 2.75) is 309 Å². The van der Waals surface area contributed by atoms with Gasteiger partial charge in [-0.3, -0.25) is 14.4 Å². The number of carbonyl (C=O) groups excluding carboxylic acids is 3. The lowest BCUT2D eigenvalue weighted by atomic mass is 10.1. The lowest BCUT2D eigenvalue weighted by Gasteiger charge is -2.18. The van der Waals surface area contributed by atoms with Crippen LogP contribution in [0.25, 0.3) is 0 Å². The number of rotatable bonds is 57. The molecular formula is C69H118O6. The van der Waals surface area contributed by atoms with Gasteiger partial charge in [-0.2, -0.15) is 0 Å². The molecule has 0 saturated heterocycles. The third kappa shape index (κ3) is 61.1. The summed E-state index contributed by atoms with van der Waals surface area (Å²) in [5, 5.41) is 0. The molecule has 0 fully saturated rings. The Morgan fingerprint density at radius 2 is 0.520 bits per heavy atom. The van der Waals surface area contributed by atoms with Crippen LogP contribution in [-0.2, 0) is 28.6 Å². The van der Waals surface area contributed by atoms with Gasteiger partial charge in [-0.25, -0.2) is 0 Å². The molecule has 0 aromatic heterocycles. The van der Waals surface area contributed by atoms with Crippen molar-refractivity contribution < 1.29 is 28.6 Å². The molecule has 430 valence electrons.